The van der Waals surface area contributed by atoms with Crippen molar-refractivity contribution in [2.75, 3.05) is 5.32 Å². The summed E-state index contributed by atoms with van der Waals surface area (Å²) in [5.41, 5.74) is 5.89. The standard InChI is InChI=1S/C26H25N3O4/c1-4-19-12-6-9-15-22(19)27-24(30)25(31)29-28-18(3)21-14-8-10-16-23(21)33-26(32)20-13-7-5-11-17(20)2/h5-16H,4H2,1-3H3,(H,27,30)(H,29,31)/b28-18+. The van der Waals surface area contributed by atoms with Gasteiger partial charge in [-0.3, -0.25) is 9.59 Å². The van der Waals surface area contributed by atoms with E-state index in [1.807, 2.05) is 38.1 Å². The average molecular weight is 444 g/mol. The van der Waals surface area contributed by atoms with E-state index in [1.165, 1.54) is 0 Å². The van der Waals surface area contributed by atoms with Crippen LogP contribution in [0.25, 0.3) is 0 Å². The summed E-state index contributed by atoms with van der Waals surface area (Å²) in [5.74, 6) is -1.93. The van der Waals surface area contributed by atoms with E-state index in [0.29, 0.717) is 34.7 Å². The fourth-order valence-electron chi connectivity index (χ4n) is 3.19. The summed E-state index contributed by atoms with van der Waals surface area (Å²) < 4.78 is 5.58. The van der Waals surface area contributed by atoms with Gasteiger partial charge in [0.15, 0.2) is 0 Å². The van der Waals surface area contributed by atoms with Crippen LogP contribution in [0.1, 0.15) is 40.9 Å². The van der Waals surface area contributed by atoms with Gasteiger partial charge in [-0.05, 0) is 55.7 Å². The van der Waals surface area contributed by atoms with Gasteiger partial charge < -0.3 is 10.1 Å². The summed E-state index contributed by atoms with van der Waals surface area (Å²) in [4.78, 5) is 37.1. The lowest BCUT2D eigenvalue weighted by Gasteiger charge is -2.11. The zero-order valence-electron chi connectivity index (χ0n) is 18.7. The van der Waals surface area contributed by atoms with Crippen LogP contribution in [0.5, 0.6) is 5.75 Å². The van der Waals surface area contributed by atoms with Crippen LogP contribution < -0.4 is 15.5 Å². The van der Waals surface area contributed by atoms with Crippen molar-refractivity contribution < 1.29 is 19.1 Å². The van der Waals surface area contributed by atoms with Crippen LogP contribution in [0.15, 0.2) is 77.9 Å². The van der Waals surface area contributed by atoms with Crippen LogP contribution in [0.4, 0.5) is 5.69 Å². The second kappa shape index (κ2) is 10.9. The monoisotopic (exact) mass is 443 g/mol. The molecular formula is C26H25N3O4. The number of amides is 2. The molecule has 2 N–H and O–H groups in total. The van der Waals surface area contributed by atoms with Crippen LogP contribution >= 0.6 is 0 Å². The van der Waals surface area contributed by atoms with Crippen LogP contribution in [-0.4, -0.2) is 23.5 Å². The first-order valence-corrected chi connectivity index (χ1v) is 10.5. The molecule has 0 radical (unpaired) electrons. The van der Waals surface area contributed by atoms with Gasteiger partial charge in [0.1, 0.15) is 5.75 Å². The normalized spacial score (nSPS) is 10.9. The highest BCUT2D eigenvalue weighted by atomic mass is 16.5. The number of rotatable bonds is 6. The SMILES string of the molecule is CCc1ccccc1NC(=O)C(=O)N/N=C(\C)c1ccccc1OC(=O)c1ccccc1C. The third kappa shape index (κ3) is 5.92. The van der Waals surface area contributed by atoms with Gasteiger partial charge in [-0.15, -0.1) is 0 Å². The second-order valence-corrected chi connectivity index (χ2v) is 7.30. The van der Waals surface area contributed by atoms with Crippen molar-refractivity contribution in [2.45, 2.75) is 27.2 Å². The Hall–Kier alpha value is -4.26. The second-order valence-electron chi connectivity index (χ2n) is 7.30. The largest absolute Gasteiger partial charge is 0.422 e. The summed E-state index contributed by atoms with van der Waals surface area (Å²) in [7, 11) is 0. The molecule has 3 aromatic carbocycles. The van der Waals surface area contributed by atoms with Gasteiger partial charge in [0.2, 0.25) is 0 Å². The van der Waals surface area contributed by atoms with Gasteiger partial charge in [0.05, 0.1) is 11.3 Å². The molecule has 0 fully saturated rings. The van der Waals surface area contributed by atoms with Gasteiger partial charge in [-0.1, -0.05) is 55.5 Å². The van der Waals surface area contributed by atoms with Crippen molar-refractivity contribution in [2.24, 2.45) is 5.10 Å². The van der Waals surface area contributed by atoms with E-state index in [-0.39, 0.29) is 0 Å². The lowest BCUT2D eigenvalue weighted by molar-refractivity contribution is -0.136. The van der Waals surface area contributed by atoms with Crippen LogP contribution in [-0.2, 0) is 16.0 Å². The number of esters is 1. The lowest BCUT2D eigenvalue weighted by Crippen LogP contribution is -2.33. The number of anilines is 1. The topological polar surface area (TPSA) is 96.9 Å². The molecule has 168 valence electrons. The number of para-hydroxylation sites is 2. The van der Waals surface area contributed by atoms with E-state index < -0.39 is 17.8 Å². The van der Waals surface area contributed by atoms with Crippen LogP contribution in [0, 0.1) is 6.92 Å². The van der Waals surface area contributed by atoms with Crippen molar-refractivity contribution in [3.8, 4) is 5.75 Å². The molecular weight excluding hydrogens is 418 g/mol. The minimum atomic E-state index is -0.908. The Balaban J connectivity index is 1.71. The van der Waals surface area contributed by atoms with Crippen molar-refractivity contribution in [1.29, 1.82) is 0 Å². The summed E-state index contributed by atoms with van der Waals surface area (Å²) >= 11 is 0. The molecule has 3 rings (SSSR count). The molecule has 7 nitrogen and oxygen atoms in total. The quantitative estimate of drug-likeness (QED) is 0.196. The van der Waals surface area contributed by atoms with E-state index in [4.69, 9.17) is 4.74 Å². The average Bonchev–Trinajstić information content (AvgIpc) is 2.83. The molecule has 0 saturated carbocycles. The number of hydrazone groups is 1. The zero-order chi connectivity index (χ0) is 23.8. The molecule has 0 aliphatic heterocycles. The number of nitrogens with zero attached hydrogens (tertiary/aromatic N) is 1. The minimum Gasteiger partial charge on any atom is -0.422 e. The van der Waals surface area contributed by atoms with Gasteiger partial charge in [0, 0.05) is 11.3 Å². The van der Waals surface area contributed by atoms with Crippen molar-refractivity contribution in [1.82, 2.24) is 5.43 Å². The maximum atomic E-state index is 12.6. The highest BCUT2D eigenvalue weighted by molar-refractivity contribution is 6.39. The van der Waals surface area contributed by atoms with Gasteiger partial charge in [-0.2, -0.15) is 5.10 Å². The van der Waals surface area contributed by atoms with Gasteiger partial charge in [0.25, 0.3) is 0 Å². The molecule has 0 saturated heterocycles. The Labute approximate surface area is 192 Å². The summed E-state index contributed by atoms with van der Waals surface area (Å²) in [5, 5.41) is 6.62. The predicted molar refractivity (Wildman–Crippen MR) is 127 cm³/mol. The fourth-order valence-corrected chi connectivity index (χ4v) is 3.19. The van der Waals surface area contributed by atoms with Crippen molar-refractivity contribution >= 4 is 29.2 Å². The van der Waals surface area contributed by atoms with Crippen molar-refractivity contribution in [3.05, 3.63) is 95.1 Å². The molecule has 7 heteroatoms. The summed E-state index contributed by atoms with van der Waals surface area (Å²) in [6, 6.07) is 21.2. The Morgan fingerprint density at radius 2 is 1.48 bits per heavy atom. The molecule has 0 unspecified atom stereocenters. The first-order chi connectivity index (χ1) is 15.9. The first kappa shape index (κ1) is 23.4. The Bertz CT molecular complexity index is 1220. The number of hydrogen-bond acceptors (Lipinski definition) is 5. The molecule has 0 bridgehead atoms. The third-order valence-corrected chi connectivity index (χ3v) is 5.02. The third-order valence-electron chi connectivity index (χ3n) is 5.02. The van der Waals surface area contributed by atoms with E-state index in [0.717, 1.165) is 11.1 Å². The number of hydrogen-bond donors (Lipinski definition) is 2. The van der Waals surface area contributed by atoms with E-state index in [2.05, 4.69) is 15.8 Å². The number of ether oxygens (including phenoxy) is 1. The number of carbonyl (C=O) groups excluding carboxylic acids is 3. The minimum absolute atomic E-state index is 0.294. The number of nitrogens with one attached hydrogen (secondary N) is 2. The first-order valence-electron chi connectivity index (χ1n) is 10.5. The molecule has 0 aliphatic carbocycles. The Morgan fingerprint density at radius 3 is 2.21 bits per heavy atom. The van der Waals surface area contributed by atoms with Gasteiger partial charge in [-0.25, -0.2) is 10.2 Å². The van der Waals surface area contributed by atoms with Crippen LogP contribution in [0.3, 0.4) is 0 Å². The highest BCUT2D eigenvalue weighted by Crippen LogP contribution is 2.21. The molecule has 2 amide bonds. The van der Waals surface area contributed by atoms with Crippen LogP contribution in [0.2, 0.25) is 0 Å². The maximum absolute atomic E-state index is 12.6. The molecule has 0 heterocycles. The smallest absolute Gasteiger partial charge is 0.343 e. The molecule has 33 heavy (non-hydrogen) atoms. The Kier molecular flexibility index (Phi) is 7.70. The number of carbonyl (C=O) groups is 3. The highest BCUT2D eigenvalue weighted by Gasteiger charge is 2.17. The van der Waals surface area contributed by atoms with E-state index in [1.54, 1.807) is 55.5 Å². The molecule has 0 spiro atoms. The van der Waals surface area contributed by atoms with E-state index >= 15 is 0 Å². The zero-order valence-corrected chi connectivity index (χ0v) is 18.7. The lowest BCUT2D eigenvalue weighted by atomic mass is 10.1. The van der Waals surface area contributed by atoms with Crippen molar-refractivity contribution in [3.63, 3.8) is 0 Å². The molecule has 0 atom stereocenters. The summed E-state index contributed by atoms with van der Waals surface area (Å²) in [6.45, 7) is 5.43. The molecule has 0 aromatic heterocycles. The van der Waals surface area contributed by atoms with Gasteiger partial charge >= 0.3 is 17.8 Å². The Morgan fingerprint density at radius 1 is 0.848 bits per heavy atom. The number of benzene rings is 3. The predicted octanol–water partition coefficient (Wildman–Crippen LogP) is 4.26. The summed E-state index contributed by atoms with van der Waals surface area (Å²) in [6.07, 6.45) is 0.716. The molecule has 0 aliphatic rings. The number of aryl methyl sites for hydroxylation is 2. The molecule has 3 aromatic rings. The fraction of sp³-hybridized carbons (Fsp3) is 0.154. The van der Waals surface area contributed by atoms with E-state index in [9.17, 15) is 14.4 Å². The maximum Gasteiger partial charge on any atom is 0.343 e.